The monoisotopic (exact) mass is 335 g/mol. The molecule has 0 aliphatic heterocycles. The topological polar surface area (TPSA) is 50.8 Å². The molecule has 0 saturated heterocycles. The van der Waals surface area contributed by atoms with E-state index in [9.17, 15) is 0 Å². The molecule has 0 radical (unpaired) electrons. The molecular formula is C19H18N3OP. The fraction of sp³-hybridized carbons (Fsp3) is 0.158. The Morgan fingerprint density at radius 1 is 1.12 bits per heavy atom. The molecule has 1 aromatic heterocycles. The predicted octanol–water partition coefficient (Wildman–Crippen LogP) is 3.54. The minimum Gasteiger partial charge on any atom is -0.497 e. The van der Waals surface area contributed by atoms with E-state index in [1.807, 2.05) is 49.4 Å². The van der Waals surface area contributed by atoms with Crippen molar-refractivity contribution >= 4 is 14.5 Å². The highest BCUT2D eigenvalue weighted by molar-refractivity contribution is 7.27. The number of benzene rings is 2. The van der Waals surface area contributed by atoms with Crippen LogP contribution >= 0.6 is 9.24 Å². The molecule has 5 heteroatoms. The molecule has 4 nitrogen and oxygen atoms in total. The van der Waals surface area contributed by atoms with Gasteiger partial charge in [-0.1, -0.05) is 0 Å². The smallest absolute Gasteiger partial charge is 0.145 e. The number of nitrogens with zero attached hydrogens (tertiary/aromatic N) is 3. The number of methoxy groups -OCH3 is 1. The van der Waals surface area contributed by atoms with Crippen LogP contribution in [0.5, 0.6) is 5.75 Å². The number of hydrogen-bond acceptors (Lipinski definition) is 3. The van der Waals surface area contributed by atoms with Crippen LogP contribution in [-0.4, -0.2) is 16.7 Å². The number of hydrogen-bond donors (Lipinski definition) is 0. The summed E-state index contributed by atoms with van der Waals surface area (Å²) in [4.78, 5) is 4.74. The molecule has 1 heterocycles. The van der Waals surface area contributed by atoms with Crippen molar-refractivity contribution in [3.8, 4) is 28.9 Å². The van der Waals surface area contributed by atoms with Gasteiger partial charge < -0.3 is 4.74 Å². The van der Waals surface area contributed by atoms with Crippen molar-refractivity contribution in [2.75, 3.05) is 7.11 Å². The summed E-state index contributed by atoms with van der Waals surface area (Å²) in [5.74, 6) is 1.68. The zero-order valence-electron chi connectivity index (χ0n) is 13.9. The van der Waals surface area contributed by atoms with Gasteiger partial charge in [0.1, 0.15) is 11.6 Å². The van der Waals surface area contributed by atoms with Crippen LogP contribution in [0.3, 0.4) is 0 Å². The first-order valence-corrected chi connectivity index (χ1v) is 8.13. The minimum atomic E-state index is 0.653. The summed E-state index contributed by atoms with van der Waals surface area (Å²) in [5.41, 5.74) is 4.73. The van der Waals surface area contributed by atoms with Crippen LogP contribution in [0, 0.1) is 25.2 Å². The first kappa shape index (κ1) is 16.2. The fourth-order valence-corrected chi connectivity index (χ4v) is 3.00. The molecule has 0 spiro atoms. The first-order valence-electron chi connectivity index (χ1n) is 7.55. The second kappa shape index (κ2) is 6.47. The Kier molecular flexibility index (Phi) is 4.38. The van der Waals surface area contributed by atoms with Gasteiger partial charge in [-0.05, 0) is 61.6 Å². The minimum absolute atomic E-state index is 0.653. The summed E-state index contributed by atoms with van der Waals surface area (Å²) < 4.78 is 7.36. The van der Waals surface area contributed by atoms with Crippen molar-refractivity contribution in [1.82, 2.24) is 9.55 Å². The molecule has 1 atom stereocenters. The number of aromatic nitrogens is 2. The summed E-state index contributed by atoms with van der Waals surface area (Å²) in [6.45, 7) is 4.06. The summed E-state index contributed by atoms with van der Waals surface area (Å²) in [7, 11) is 4.27. The number of aryl methyl sites for hydroxylation is 1. The van der Waals surface area contributed by atoms with Crippen LogP contribution in [0.25, 0.3) is 17.1 Å². The van der Waals surface area contributed by atoms with E-state index in [2.05, 4.69) is 26.8 Å². The molecule has 3 aromatic rings. The van der Waals surface area contributed by atoms with Crippen LogP contribution < -0.4 is 10.0 Å². The second-order valence-electron chi connectivity index (χ2n) is 5.55. The summed E-state index contributed by atoms with van der Waals surface area (Å²) in [5, 5.41) is 9.98. The Balaban J connectivity index is 2.17. The van der Waals surface area contributed by atoms with E-state index >= 15 is 0 Å². The van der Waals surface area contributed by atoms with E-state index in [0.717, 1.165) is 39.5 Å². The average molecular weight is 335 g/mol. The first-order chi connectivity index (χ1) is 11.5. The molecule has 1 unspecified atom stereocenters. The lowest BCUT2D eigenvalue weighted by molar-refractivity contribution is 0.414. The van der Waals surface area contributed by atoms with Gasteiger partial charge in [-0.3, -0.25) is 4.57 Å². The molecule has 0 aliphatic rings. The highest BCUT2D eigenvalue weighted by Crippen LogP contribution is 2.27. The summed E-state index contributed by atoms with van der Waals surface area (Å²) in [6, 6.07) is 15.8. The molecule has 0 amide bonds. The normalized spacial score (nSPS) is 10.5. The molecule has 0 fully saturated rings. The van der Waals surface area contributed by atoms with Gasteiger partial charge >= 0.3 is 0 Å². The lowest BCUT2D eigenvalue weighted by Gasteiger charge is -2.12. The molecule has 2 aromatic carbocycles. The fourth-order valence-electron chi connectivity index (χ4n) is 2.65. The molecule has 120 valence electrons. The van der Waals surface area contributed by atoms with Crippen molar-refractivity contribution in [3.63, 3.8) is 0 Å². The van der Waals surface area contributed by atoms with Crippen LogP contribution in [0.4, 0.5) is 0 Å². The Bertz CT molecular complexity index is 936. The molecule has 24 heavy (non-hydrogen) atoms. The third-order valence-corrected chi connectivity index (χ3v) is 4.58. The van der Waals surface area contributed by atoms with Gasteiger partial charge in [0.2, 0.25) is 0 Å². The molecule has 0 bridgehead atoms. The largest absolute Gasteiger partial charge is 0.497 e. The third kappa shape index (κ3) is 2.79. The van der Waals surface area contributed by atoms with Crippen molar-refractivity contribution in [2.45, 2.75) is 13.8 Å². The van der Waals surface area contributed by atoms with Gasteiger partial charge in [0.05, 0.1) is 24.4 Å². The van der Waals surface area contributed by atoms with Gasteiger partial charge in [-0.25, -0.2) is 4.98 Å². The second-order valence-corrected chi connectivity index (χ2v) is 6.18. The van der Waals surface area contributed by atoms with Gasteiger partial charge in [0, 0.05) is 16.9 Å². The van der Waals surface area contributed by atoms with Gasteiger partial charge in [0.25, 0.3) is 0 Å². The number of ether oxygens (including phenoxy) is 1. The Labute approximate surface area is 143 Å². The maximum atomic E-state index is 9.11. The zero-order chi connectivity index (χ0) is 17.3. The maximum absolute atomic E-state index is 9.11. The van der Waals surface area contributed by atoms with E-state index in [-0.39, 0.29) is 0 Å². The van der Waals surface area contributed by atoms with E-state index in [1.165, 1.54) is 0 Å². The average Bonchev–Trinajstić information content (AvgIpc) is 2.90. The van der Waals surface area contributed by atoms with E-state index in [0.29, 0.717) is 5.56 Å². The number of nitriles is 1. The van der Waals surface area contributed by atoms with E-state index in [4.69, 9.17) is 15.0 Å². The molecule has 0 aliphatic carbocycles. The summed E-state index contributed by atoms with van der Waals surface area (Å²) >= 11 is 0. The SMILES string of the molecule is COc1ccc(-n2c(-c3ccc(C#N)c(P)c3)nc(C)c2C)cc1. The van der Waals surface area contributed by atoms with E-state index < -0.39 is 0 Å². The van der Waals surface area contributed by atoms with Gasteiger partial charge in [-0.15, -0.1) is 9.24 Å². The molecule has 0 saturated carbocycles. The van der Waals surface area contributed by atoms with E-state index in [1.54, 1.807) is 7.11 Å². The molecular weight excluding hydrogens is 317 g/mol. The van der Waals surface area contributed by atoms with Crippen molar-refractivity contribution in [1.29, 1.82) is 5.26 Å². The Morgan fingerprint density at radius 3 is 2.42 bits per heavy atom. The highest BCUT2D eigenvalue weighted by atomic mass is 31.0. The molecule has 0 N–H and O–H groups in total. The molecule has 3 rings (SSSR count). The Hall–Kier alpha value is -2.63. The number of imidazole rings is 1. The maximum Gasteiger partial charge on any atom is 0.145 e. The van der Waals surface area contributed by atoms with Crippen LogP contribution in [-0.2, 0) is 0 Å². The summed E-state index contributed by atoms with van der Waals surface area (Å²) in [6.07, 6.45) is 0. The zero-order valence-corrected chi connectivity index (χ0v) is 15.0. The van der Waals surface area contributed by atoms with Crippen LogP contribution in [0.2, 0.25) is 0 Å². The predicted molar refractivity (Wildman–Crippen MR) is 99.1 cm³/mol. The lowest BCUT2D eigenvalue weighted by atomic mass is 10.1. The standard InChI is InChI=1S/C19H18N3OP/c1-12-13(2)22(16-6-8-17(23-3)9-7-16)19(21-12)14-4-5-15(11-20)18(24)10-14/h4-10H,24H2,1-3H3. The van der Waals surface area contributed by atoms with Crippen molar-refractivity contribution < 1.29 is 4.74 Å². The van der Waals surface area contributed by atoms with Crippen LogP contribution in [0.1, 0.15) is 17.0 Å². The number of rotatable bonds is 3. The van der Waals surface area contributed by atoms with Gasteiger partial charge in [-0.2, -0.15) is 5.26 Å². The Morgan fingerprint density at radius 2 is 1.83 bits per heavy atom. The quantitative estimate of drug-likeness (QED) is 0.688. The van der Waals surface area contributed by atoms with Gasteiger partial charge in [0.15, 0.2) is 0 Å². The lowest BCUT2D eigenvalue weighted by Crippen LogP contribution is -2.03. The highest BCUT2D eigenvalue weighted by Gasteiger charge is 2.15. The third-order valence-electron chi connectivity index (χ3n) is 4.11. The van der Waals surface area contributed by atoms with Crippen molar-refractivity contribution in [2.24, 2.45) is 0 Å². The van der Waals surface area contributed by atoms with Crippen molar-refractivity contribution in [3.05, 3.63) is 59.4 Å². The van der Waals surface area contributed by atoms with Crippen LogP contribution in [0.15, 0.2) is 42.5 Å².